The molecule has 84 valence electrons. The first-order chi connectivity index (χ1) is 7.29. The third-order valence-corrected chi connectivity index (χ3v) is 4.29. The first-order valence-electron chi connectivity index (χ1n) is 5.16. The zero-order valence-corrected chi connectivity index (χ0v) is 10.2. The molecule has 5 heteroatoms. The molecule has 0 unspecified atom stereocenters. The highest BCUT2D eigenvalue weighted by Crippen LogP contribution is 2.26. The number of aliphatic hydroxyl groups is 1. The van der Waals surface area contributed by atoms with Crippen molar-refractivity contribution in [3.8, 4) is 0 Å². The summed E-state index contributed by atoms with van der Waals surface area (Å²) in [5, 5.41) is 15.5. The van der Waals surface area contributed by atoms with E-state index in [9.17, 15) is 5.11 Å². The van der Waals surface area contributed by atoms with Gasteiger partial charge in [0.1, 0.15) is 0 Å². The van der Waals surface area contributed by atoms with E-state index >= 15 is 0 Å². The van der Waals surface area contributed by atoms with Crippen molar-refractivity contribution < 1.29 is 5.11 Å². The molecule has 3 nitrogen and oxygen atoms in total. The lowest BCUT2D eigenvalue weighted by Crippen LogP contribution is -2.43. The largest absolute Gasteiger partial charge is 0.389 e. The third-order valence-electron chi connectivity index (χ3n) is 2.67. The van der Waals surface area contributed by atoms with Crippen molar-refractivity contribution in [1.29, 1.82) is 0 Å². The van der Waals surface area contributed by atoms with E-state index in [1.807, 2.05) is 22.7 Å². The molecule has 0 radical (unpaired) electrons. The van der Waals surface area contributed by atoms with Gasteiger partial charge in [0.2, 0.25) is 0 Å². The SMILES string of the molecule is OC1(CNCc2cscn2)CCSCC1. The molecule has 15 heavy (non-hydrogen) atoms. The summed E-state index contributed by atoms with van der Waals surface area (Å²) in [6.07, 6.45) is 1.81. The van der Waals surface area contributed by atoms with Gasteiger partial charge in [0.05, 0.1) is 16.8 Å². The van der Waals surface area contributed by atoms with Crippen molar-refractivity contribution in [3.05, 3.63) is 16.6 Å². The second-order valence-corrected chi connectivity index (χ2v) is 5.86. The van der Waals surface area contributed by atoms with E-state index in [0.29, 0.717) is 6.54 Å². The van der Waals surface area contributed by atoms with Gasteiger partial charge in [0.15, 0.2) is 0 Å². The number of rotatable bonds is 4. The van der Waals surface area contributed by atoms with Crippen LogP contribution in [0.3, 0.4) is 0 Å². The van der Waals surface area contributed by atoms with Crippen molar-refractivity contribution in [2.75, 3.05) is 18.1 Å². The van der Waals surface area contributed by atoms with Gasteiger partial charge in [-0.1, -0.05) is 0 Å². The molecule has 0 aliphatic carbocycles. The lowest BCUT2D eigenvalue weighted by molar-refractivity contribution is 0.0319. The van der Waals surface area contributed by atoms with Crippen LogP contribution in [0.4, 0.5) is 0 Å². The molecule has 0 amide bonds. The minimum Gasteiger partial charge on any atom is -0.389 e. The molecule has 2 heterocycles. The van der Waals surface area contributed by atoms with Crippen molar-refractivity contribution in [1.82, 2.24) is 10.3 Å². The highest BCUT2D eigenvalue weighted by molar-refractivity contribution is 7.99. The molecule has 2 N–H and O–H groups in total. The number of aromatic nitrogens is 1. The van der Waals surface area contributed by atoms with E-state index in [1.165, 1.54) is 0 Å². The van der Waals surface area contributed by atoms with E-state index in [1.54, 1.807) is 11.3 Å². The fourth-order valence-electron chi connectivity index (χ4n) is 1.68. The van der Waals surface area contributed by atoms with Gasteiger partial charge >= 0.3 is 0 Å². The second-order valence-electron chi connectivity index (χ2n) is 3.92. The quantitative estimate of drug-likeness (QED) is 0.842. The summed E-state index contributed by atoms with van der Waals surface area (Å²) in [5.41, 5.74) is 2.42. The Hall–Kier alpha value is -0.100. The van der Waals surface area contributed by atoms with Gasteiger partial charge in [-0.3, -0.25) is 0 Å². The fourth-order valence-corrected chi connectivity index (χ4v) is 3.49. The highest BCUT2D eigenvalue weighted by atomic mass is 32.2. The minimum absolute atomic E-state index is 0.485. The Kier molecular flexibility index (Phi) is 4.02. The van der Waals surface area contributed by atoms with E-state index in [2.05, 4.69) is 10.3 Å². The van der Waals surface area contributed by atoms with Gasteiger partial charge in [-0.25, -0.2) is 4.98 Å². The summed E-state index contributed by atoms with van der Waals surface area (Å²) in [7, 11) is 0. The highest BCUT2D eigenvalue weighted by Gasteiger charge is 2.28. The minimum atomic E-state index is -0.485. The summed E-state index contributed by atoms with van der Waals surface area (Å²) in [6, 6.07) is 0. The van der Waals surface area contributed by atoms with Gasteiger partial charge in [-0.15, -0.1) is 11.3 Å². The zero-order valence-electron chi connectivity index (χ0n) is 8.61. The molecule has 0 bridgehead atoms. The van der Waals surface area contributed by atoms with Gasteiger partial charge in [-0.05, 0) is 24.3 Å². The summed E-state index contributed by atoms with van der Waals surface area (Å²) in [6.45, 7) is 1.45. The average molecular weight is 244 g/mol. The summed E-state index contributed by atoms with van der Waals surface area (Å²) in [4.78, 5) is 4.19. The molecule has 0 spiro atoms. The third kappa shape index (κ3) is 3.45. The molecule has 1 fully saturated rings. The van der Waals surface area contributed by atoms with E-state index in [0.717, 1.165) is 36.6 Å². The molecule has 1 saturated heterocycles. The Balaban J connectivity index is 1.72. The molecule has 0 saturated carbocycles. The van der Waals surface area contributed by atoms with E-state index < -0.39 is 5.60 Å². The Bertz CT molecular complexity index is 284. The molecular weight excluding hydrogens is 228 g/mol. The zero-order chi connectivity index (χ0) is 10.6. The number of nitrogens with one attached hydrogen (secondary N) is 1. The number of thioether (sulfide) groups is 1. The summed E-state index contributed by atoms with van der Waals surface area (Å²) >= 11 is 3.54. The molecule has 1 aromatic rings. The maximum absolute atomic E-state index is 10.2. The van der Waals surface area contributed by atoms with Crippen LogP contribution in [0.25, 0.3) is 0 Å². The van der Waals surface area contributed by atoms with Crippen LogP contribution in [-0.2, 0) is 6.54 Å². The predicted octanol–water partition coefficient (Wildman–Crippen LogP) is 1.49. The van der Waals surface area contributed by atoms with Crippen molar-refractivity contribution in [2.45, 2.75) is 25.0 Å². The Morgan fingerprint density at radius 1 is 1.47 bits per heavy atom. The molecule has 1 aromatic heterocycles. The van der Waals surface area contributed by atoms with Crippen LogP contribution >= 0.6 is 23.1 Å². The van der Waals surface area contributed by atoms with Crippen LogP contribution in [0.15, 0.2) is 10.9 Å². The lowest BCUT2D eigenvalue weighted by Gasteiger charge is -2.31. The molecular formula is C10H16N2OS2. The van der Waals surface area contributed by atoms with Gasteiger partial charge < -0.3 is 10.4 Å². The first kappa shape index (κ1) is 11.4. The number of hydrogen-bond acceptors (Lipinski definition) is 5. The molecule has 1 aliphatic rings. The number of nitrogens with zero attached hydrogens (tertiary/aromatic N) is 1. The summed E-state index contributed by atoms with van der Waals surface area (Å²) < 4.78 is 0. The molecule has 0 atom stereocenters. The standard InChI is InChI=1S/C10H16N2OS2/c13-10(1-3-14-4-2-10)7-11-5-9-6-15-8-12-9/h6,8,11,13H,1-5,7H2. The normalized spacial score (nSPS) is 20.3. The fraction of sp³-hybridized carbons (Fsp3) is 0.700. The lowest BCUT2D eigenvalue weighted by atomic mass is 9.97. The van der Waals surface area contributed by atoms with Crippen molar-refractivity contribution in [2.24, 2.45) is 0 Å². The van der Waals surface area contributed by atoms with Gasteiger partial charge in [-0.2, -0.15) is 11.8 Å². The van der Waals surface area contributed by atoms with Crippen LogP contribution in [0.5, 0.6) is 0 Å². The summed E-state index contributed by atoms with van der Waals surface area (Å²) in [5.74, 6) is 2.16. The maximum atomic E-state index is 10.2. The molecule has 1 aliphatic heterocycles. The molecule has 0 aromatic carbocycles. The van der Waals surface area contributed by atoms with Crippen LogP contribution in [0.1, 0.15) is 18.5 Å². The topological polar surface area (TPSA) is 45.1 Å². The van der Waals surface area contributed by atoms with Crippen LogP contribution in [0, 0.1) is 0 Å². The molecule has 2 rings (SSSR count). The Morgan fingerprint density at radius 2 is 2.27 bits per heavy atom. The predicted molar refractivity (Wildman–Crippen MR) is 65.3 cm³/mol. The van der Waals surface area contributed by atoms with Crippen LogP contribution < -0.4 is 5.32 Å². The average Bonchev–Trinajstić information content (AvgIpc) is 2.71. The number of thiazole rings is 1. The second kappa shape index (κ2) is 5.30. The van der Waals surface area contributed by atoms with Gasteiger partial charge in [0, 0.05) is 18.5 Å². The van der Waals surface area contributed by atoms with E-state index in [-0.39, 0.29) is 0 Å². The maximum Gasteiger partial charge on any atom is 0.0795 e. The monoisotopic (exact) mass is 244 g/mol. The Labute approximate surface area is 98.3 Å². The number of hydrogen-bond donors (Lipinski definition) is 2. The van der Waals surface area contributed by atoms with Crippen LogP contribution in [-0.4, -0.2) is 33.7 Å². The Morgan fingerprint density at radius 3 is 2.93 bits per heavy atom. The van der Waals surface area contributed by atoms with Crippen LogP contribution in [0.2, 0.25) is 0 Å². The van der Waals surface area contributed by atoms with E-state index in [4.69, 9.17) is 0 Å². The van der Waals surface area contributed by atoms with Crippen molar-refractivity contribution in [3.63, 3.8) is 0 Å². The van der Waals surface area contributed by atoms with Crippen molar-refractivity contribution >= 4 is 23.1 Å². The first-order valence-corrected chi connectivity index (χ1v) is 7.26. The van der Waals surface area contributed by atoms with Gasteiger partial charge in [0.25, 0.3) is 0 Å². The smallest absolute Gasteiger partial charge is 0.0795 e.